The fraction of sp³-hybridized carbons (Fsp3) is 0.294. The average Bonchev–Trinajstić information content (AvgIpc) is 3.36. The van der Waals surface area contributed by atoms with E-state index in [9.17, 15) is 9.59 Å². The molecule has 1 N–H and O–H groups in total. The van der Waals surface area contributed by atoms with Crippen LogP contribution < -0.4 is 0 Å². The van der Waals surface area contributed by atoms with Crippen LogP contribution in [0.2, 0.25) is 0 Å². The van der Waals surface area contributed by atoms with E-state index >= 15 is 0 Å². The van der Waals surface area contributed by atoms with Crippen LogP contribution in [0.4, 0.5) is 0 Å². The Bertz CT molecular complexity index is 1020. The third-order valence-electron chi connectivity index (χ3n) is 3.99. The average molecular weight is 406 g/mol. The summed E-state index contributed by atoms with van der Waals surface area (Å²) in [6.07, 6.45) is 0. The number of thiophene rings is 1. The van der Waals surface area contributed by atoms with Gasteiger partial charge in [-0.3, -0.25) is 14.5 Å². The summed E-state index contributed by atoms with van der Waals surface area (Å²) >= 11 is 6.77. The zero-order valence-corrected chi connectivity index (χ0v) is 16.6. The Morgan fingerprint density at radius 3 is 2.93 bits per heavy atom. The largest absolute Gasteiger partial charge is 0.465 e. The molecule has 142 valence electrons. The molecule has 3 rings (SSSR count). The number of aromatic nitrogens is 3. The fourth-order valence-corrected chi connectivity index (χ4v) is 3.49. The molecule has 3 aromatic rings. The highest BCUT2D eigenvalue weighted by atomic mass is 32.1. The second-order valence-corrected chi connectivity index (χ2v) is 7.17. The maximum atomic E-state index is 12.7. The van der Waals surface area contributed by atoms with Crippen LogP contribution in [0, 0.1) is 11.7 Å². The molecule has 8 nitrogen and oxygen atoms in total. The first kappa shape index (κ1) is 19.1. The van der Waals surface area contributed by atoms with Crippen LogP contribution in [-0.2, 0) is 22.6 Å². The summed E-state index contributed by atoms with van der Waals surface area (Å²) < 4.78 is 12.3. The number of esters is 1. The SMILES string of the molecule is COC(=O)c1cc(CN(C)C(=O)Cn2c(-c3cccs3)n[nH]c2=S)oc1C. The smallest absolute Gasteiger partial charge is 0.341 e. The summed E-state index contributed by atoms with van der Waals surface area (Å²) in [5, 5.41) is 8.88. The Morgan fingerprint density at radius 2 is 2.26 bits per heavy atom. The van der Waals surface area contributed by atoms with Gasteiger partial charge in [-0.2, -0.15) is 5.10 Å². The van der Waals surface area contributed by atoms with Crippen LogP contribution in [0.15, 0.2) is 28.0 Å². The molecule has 0 atom stereocenters. The quantitative estimate of drug-likeness (QED) is 0.500. The molecule has 0 aliphatic heterocycles. The van der Waals surface area contributed by atoms with E-state index in [4.69, 9.17) is 21.4 Å². The second-order valence-electron chi connectivity index (χ2n) is 5.84. The number of ether oxygens (including phenoxy) is 1. The molecular weight excluding hydrogens is 388 g/mol. The van der Waals surface area contributed by atoms with E-state index in [1.165, 1.54) is 23.3 Å². The number of H-pyrrole nitrogens is 1. The summed E-state index contributed by atoms with van der Waals surface area (Å²) in [7, 11) is 2.97. The molecule has 3 heterocycles. The monoisotopic (exact) mass is 406 g/mol. The van der Waals surface area contributed by atoms with Gasteiger partial charge in [0, 0.05) is 7.05 Å². The van der Waals surface area contributed by atoms with Crippen LogP contribution in [0.3, 0.4) is 0 Å². The number of hydrogen-bond donors (Lipinski definition) is 1. The van der Waals surface area contributed by atoms with Crippen molar-refractivity contribution in [1.29, 1.82) is 0 Å². The lowest BCUT2D eigenvalue weighted by molar-refractivity contribution is -0.131. The number of rotatable bonds is 6. The highest BCUT2D eigenvalue weighted by Gasteiger charge is 2.19. The molecule has 1 amide bonds. The maximum absolute atomic E-state index is 12.7. The summed E-state index contributed by atoms with van der Waals surface area (Å²) in [5.41, 5.74) is 0.352. The molecule has 0 radical (unpaired) electrons. The number of furan rings is 1. The van der Waals surface area contributed by atoms with Crippen molar-refractivity contribution in [2.75, 3.05) is 14.2 Å². The van der Waals surface area contributed by atoms with E-state index in [-0.39, 0.29) is 19.0 Å². The Hall–Kier alpha value is -2.72. The van der Waals surface area contributed by atoms with E-state index in [0.717, 1.165) is 4.88 Å². The van der Waals surface area contributed by atoms with Gasteiger partial charge in [-0.25, -0.2) is 4.79 Å². The van der Waals surface area contributed by atoms with Crippen LogP contribution in [0.25, 0.3) is 10.7 Å². The molecule has 0 fully saturated rings. The summed E-state index contributed by atoms with van der Waals surface area (Å²) in [4.78, 5) is 26.8. The number of nitrogens with zero attached hydrogens (tertiary/aromatic N) is 3. The fourth-order valence-electron chi connectivity index (χ4n) is 2.57. The number of nitrogens with one attached hydrogen (secondary N) is 1. The molecule has 0 aliphatic rings. The van der Waals surface area contributed by atoms with Crippen LogP contribution >= 0.6 is 23.6 Å². The predicted molar refractivity (Wildman–Crippen MR) is 102 cm³/mol. The Balaban J connectivity index is 1.73. The number of methoxy groups -OCH3 is 1. The molecule has 10 heteroatoms. The number of amides is 1. The summed E-state index contributed by atoms with van der Waals surface area (Å²) in [6.45, 7) is 1.94. The number of carbonyl (C=O) groups excluding carboxylic acids is 2. The van der Waals surface area contributed by atoms with E-state index in [2.05, 4.69) is 10.2 Å². The van der Waals surface area contributed by atoms with Crippen molar-refractivity contribution in [3.63, 3.8) is 0 Å². The summed E-state index contributed by atoms with van der Waals surface area (Å²) in [6, 6.07) is 5.42. The minimum Gasteiger partial charge on any atom is -0.465 e. The Kier molecular flexibility index (Phi) is 5.57. The van der Waals surface area contributed by atoms with Crippen molar-refractivity contribution in [3.05, 3.63) is 45.4 Å². The van der Waals surface area contributed by atoms with Gasteiger partial charge in [0.05, 0.1) is 18.5 Å². The van der Waals surface area contributed by atoms with Gasteiger partial charge in [0.2, 0.25) is 5.91 Å². The van der Waals surface area contributed by atoms with Gasteiger partial charge < -0.3 is 14.1 Å². The summed E-state index contributed by atoms with van der Waals surface area (Å²) in [5.74, 6) is 0.937. The zero-order valence-electron chi connectivity index (χ0n) is 15.0. The van der Waals surface area contributed by atoms with E-state index in [0.29, 0.717) is 27.7 Å². The van der Waals surface area contributed by atoms with Crippen LogP contribution in [0.1, 0.15) is 21.9 Å². The molecule has 3 aromatic heterocycles. The molecular formula is C17H18N4O4S2. The first-order valence-electron chi connectivity index (χ1n) is 8.01. The molecule has 27 heavy (non-hydrogen) atoms. The highest BCUT2D eigenvalue weighted by Crippen LogP contribution is 2.23. The third kappa shape index (κ3) is 4.01. The van der Waals surface area contributed by atoms with Gasteiger partial charge in [0.15, 0.2) is 10.6 Å². The topological polar surface area (TPSA) is 93.4 Å². The van der Waals surface area contributed by atoms with Crippen molar-refractivity contribution < 1.29 is 18.7 Å². The van der Waals surface area contributed by atoms with Gasteiger partial charge in [-0.05, 0) is 36.7 Å². The number of hydrogen-bond acceptors (Lipinski definition) is 7. The molecule has 0 saturated carbocycles. The third-order valence-corrected chi connectivity index (χ3v) is 5.16. The van der Waals surface area contributed by atoms with Crippen molar-refractivity contribution in [2.24, 2.45) is 0 Å². The van der Waals surface area contributed by atoms with Crippen LogP contribution in [0.5, 0.6) is 0 Å². The van der Waals surface area contributed by atoms with Crippen molar-refractivity contribution in [2.45, 2.75) is 20.0 Å². The van der Waals surface area contributed by atoms with Gasteiger partial charge >= 0.3 is 5.97 Å². The number of aromatic amines is 1. The predicted octanol–water partition coefficient (Wildman–Crippen LogP) is 3.02. The normalized spacial score (nSPS) is 10.8. The molecule has 0 saturated heterocycles. The standard InChI is InChI=1S/C17H18N4O4S2/c1-10-12(16(23)24-3)7-11(25-10)8-20(2)14(22)9-21-15(18-19-17(21)26)13-5-4-6-27-13/h4-7H,8-9H2,1-3H3,(H,19,26). The molecule has 0 spiro atoms. The maximum Gasteiger partial charge on any atom is 0.341 e. The van der Waals surface area contributed by atoms with E-state index in [1.807, 2.05) is 17.5 Å². The Labute approximate surface area is 164 Å². The number of carbonyl (C=O) groups is 2. The lowest BCUT2D eigenvalue weighted by atomic mass is 10.2. The first-order chi connectivity index (χ1) is 12.9. The molecule has 0 unspecified atom stereocenters. The van der Waals surface area contributed by atoms with Crippen LogP contribution in [-0.4, -0.2) is 45.7 Å². The van der Waals surface area contributed by atoms with Gasteiger partial charge in [-0.1, -0.05) is 6.07 Å². The Morgan fingerprint density at radius 1 is 1.48 bits per heavy atom. The second kappa shape index (κ2) is 7.89. The lowest BCUT2D eigenvalue weighted by Gasteiger charge is -2.16. The first-order valence-corrected chi connectivity index (χ1v) is 9.30. The van der Waals surface area contributed by atoms with Crippen molar-refractivity contribution in [3.8, 4) is 10.7 Å². The van der Waals surface area contributed by atoms with Gasteiger partial charge in [0.25, 0.3) is 0 Å². The highest BCUT2D eigenvalue weighted by molar-refractivity contribution is 7.71. The van der Waals surface area contributed by atoms with Crippen molar-refractivity contribution >= 4 is 35.4 Å². The van der Waals surface area contributed by atoms with Gasteiger partial charge in [-0.15, -0.1) is 11.3 Å². The zero-order chi connectivity index (χ0) is 19.6. The minimum absolute atomic E-state index is 0.0443. The van der Waals surface area contributed by atoms with Gasteiger partial charge in [0.1, 0.15) is 23.6 Å². The lowest BCUT2D eigenvalue weighted by Crippen LogP contribution is -2.30. The number of aryl methyl sites for hydroxylation is 1. The molecule has 0 aliphatic carbocycles. The van der Waals surface area contributed by atoms with Crippen molar-refractivity contribution in [1.82, 2.24) is 19.7 Å². The van der Waals surface area contributed by atoms with E-state index < -0.39 is 5.97 Å². The molecule has 0 aromatic carbocycles. The molecule has 0 bridgehead atoms. The minimum atomic E-state index is -0.471. The van der Waals surface area contributed by atoms with E-state index in [1.54, 1.807) is 24.6 Å². The number of likely N-dealkylation sites (N-methyl/N-ethyl adjacent to an activating group) is 1.